The SMILES string of the molecule is COC(=O)[C@H](Cc1ccccc1)NC[C@H](O)[C@@H](NCc1ccccc1)C(F)(F)F. The molecular weight excluding hydrogens is 385 g/mol. The molecule has 5 nitrogen and oxygen atoms in total. The molecular formula is C21H25F3N2O3. The summed E-state index contributed by atoms with van der Waals surface area (Å²) < 4.78 is 45.0. The van der Waals surface area contributed by atoms with Crippen molar-refractivity contribution in [2.75, 3.05) is 13.7 Å². The molecule has 0 heterocycles. The van der Waals surface area contributed by atoms with Gasteiger partial charge in [0.2, 0.25) is 0 Å². The lowest BCUT2D eigenvalue weighted by Gasteiger charge is -2.28. The first-order valence-corrected chi connectivity index (χ1v) is 9.18. The van der Waals surface area contributed by atoms with Gasteiger partial charge in [-0.1, -0.05) is 60.7 Å². The molecule has 0 unspecified atom stereocenters. The van der Waals surface area contributed by atoms with Crippen LogP contribution in [0, 0.1) is 0 Å². The molecule has 0 saturated carbocycles. The molecule has 0 amide bonds. The molecule has 8 heteroatoms. The summed E-state index contributed by atoms with van der Waals surface area (Å²) in [6.45, 7) is -0.481. The number of benzene rings is 2. The van der Waals surface area contributed by atoms with Crippen molar-refractivity contribution in [2.24, 2.45) is 0 Å². The van der Waals surface area contributed by atoms with Gasteiger partial charge in [0.1, 0.15) is 12.1 Å². The van der Waals surface area contributed by atoms with Gasteiger partial charge in [-0.2, -0.15) is 13.2 Å². The summed E-state index contributed by atoms with van der Waals surface area (Å²) in [6, 6.07) is 14.6. The van der Waals surface area contributed by atoms with Crippen LogP contribution in [0.25, 0.3) is 0 Å². The fourth-order valence-corrected chi connectivity index (χ4v) is 2.91. The number of carbonyl (C=O) groups is 1. The molecule has 0 spiro atoms. The first kappa shape index (κ1) is 22.9. The zero-order valence-electron chi connectivity index (χ0n) is 16.0. The monoisotopic (exact) mass is 410 g/mol. The van der Waals surface area contributed by atoms with E-state index in [0.717, 1.165) is 5.56 Å². The molecule has 158 valence electrons. The van der Waals surface area contributed by atoms with Crippen LogP contribution in [0.15, 0.2) is 60.7 Å². The number of alkyl halides is 3. The third-order valence-corrected chi connectivity index (χ3v) is 4.45. The Balaban J connectivity index is 2.00. The van der Waals surface area contributed by atoms with Crippen LogP contribution in [0.2, 0.25) is 0 Å². The van der Waals surface area contributed by atoms with Crippen LogP contribution >= 0.6 is 0 Å². The predicted octanol–water partition coefficient (Wildman–Crippen LogP) is 2.44. The first-order chi connectivity index (χ1) is 13.8. The van der Waals surface area contributed by atoms with Crippen LogP contribution in [0.5, 0.6) is 0 Å². The van der Waals surface area contributed by atoms with E-state index < -0.39 is 36.9 Å². The Labute approximate surface area is 167 Å². The number of aliphatic hydroxyl groups excluding tert-OH is 1. The van der Waals surface area contributed by atoms with Crippen molar-refractivity contribution in [3.8, 4) is 0 Å². The average molecular weight is 410 g/mol. The molecule has 3 N–H and O–H groups in total. The van der Waals surface area contributed by atoms with Crippen molar-refractivity contribution in [2.45, 2.75) is 37.3 Å². The third kappa shape index (κ3) is 7.49. The predicted molar refractivity (Wildman–Crippen MR) is 103 cm³/mol. The highest BCUT2D eigenvalue weighted by Gasteiger charge is 2.44. The van der Waals surface area contributed by atoms with E-state index in [2.05, 4.69) is 10.6 Å². The van der Waals surface area contributed by atoms with Crippen molar-refractivity contribution in [1.82, 2.24) is 10.6 Å². The third-order valence-electron chi connectivity index (χ3n) is 4.45. The number of rotatable bonds is 10. The Hall–Kier alpha value is -2.42. The maximum Gasteiger partial charge on any atom is 0.406 e. The van der Waals surface area contributed by atoms with Crippen LogP contribution in [0.3, 0.4) is 0 Å². The second-order valence-corrected chi connectivity index (χ2v) is 6.63. The van der Waals surface area contributed by atoms with Gasteiger partial charge in [-0.05, 0) is 17.5 Å². The molecule has 0 aliphatic heterocycles. The minimum absolute atomic E-state index is 0.0491. The number of hydrogen-bond donors (Lipinski definition) is 3. The second kappa shape index (κ2) is 10.9. The summed E-state index contributed by atoms with van der Waals surface area (Å²) in [6.07, 6.45) is -6.22. The molecule has 2 rings (SSSR count). The van der Waals surface area contributed by atoms with Gasteiger partial charge in [-0.15, -0.1) is 0 Å². The van der Waals surface area contributed by atoms with Crippen molar-refractivity contribution in [3.05, 3.63) is 71.8 Å². The summed E-state index contributed by atoms with van der Waals surface area (Å²) in [7, 11) is 1.21. The maximum absolute atomic E-state index is 13.4. The summed E-state index contributed by atoms with van der Waals surface area (Å²) in [5.74, 6) is -0.609. The van der Waals surface area contributed by atoms with Crippen molar-refractivity contribution in [1.29, 1.82) is 0 Å². The summed E-state index contributed by atoms with van der Waals surface area (Å²) in [5.41, 5.74) is 1.48. The van der Waals surface area contributed by atoms with Crippen LogP contribution in [0.4, 0.5) is 13.2 Å². The zero-order valence-corrected chi connectivity index (χ0v) is 16.0. The van der Waals surface area contributed by atoms with Crippen LogP contribution < -0.4 is 10.6 Å². The van der Waals surface area contributed by atoms with Gasteiger partial charge in [0, 0.05) is 13.1 Å². The largest absolute Gasteiger partial charge is 0.468 e. The minimum atomic E-state index is -4.66. The fourth-order valence-electron chi connectivity index (χ4n) is 2.91. The normalized spacial score (nSPS) is 14.8. The Morgan fingerprint density at radius 3 is 2.07 bits per heavy atom. The highest BCUT2D eigenvalue weighted by molar-refractivity contribution is 5.76. The van der Waals surface area contributed by atoms with Crippen molar-refractivity contribution in [3.63, 3.8) is 0 Å². The average Bonchev–Trinajstić information content (AvgIpc) is 2.71. The fraction of sp³-hybridized carbons (Fsp3) is 0.381. The quantitative estimate of drug-likeness (QED) is 0.525. The maximum atomic E-state index is 13.4. The van der Waals surface area contributed by atoms with Gasteiger partial charge in [-0.25, -0.2) is 0 Å². The molecule has 0 saturated heterocycles. The molecule has 3 atom stereocenters. The van der Waals surface area contributed by atoms with E-state index in [-0.39, 0.29) is 13.0 Å². The Kier molecular flexibility index (Phi) is 8.63. The topological polar surface area (TPSA) is 70.6 Å². The summed E-state index contributed by atoms with van der Waals surface area (Å²) >= 11 is 0. The van der Waals surface area contributed by atoms with Gasteiger partial charge >= 0.3 is 12.1 Å². The van der Waals surface area contributed by atoms with E-state index in [1.54, 1.807) is 54.6 Å². The van der Waals surface area contributed by atoms with Crippen molar-refractivity contribution >= 4 is 5.97 Å². The zero-order chi connectivity index (χ0) is 21.3. The number of aliphatic hydroxyl groups is 1. The van der Waals surface area contributed by atoms with Gasteiger partial charge in [-0.3, -0.25) is 10.1 Å². The first-order valence-electron chi connectivity index (χ1n) is 9.18. The van der Waals surface area contributed by atoms with Gasteiger partial charge in [0.05, 0.1) is 13.2 Å². The van der Waals surface area contributed by atoms with E-state index in [0.29, 0.717) is 5.56 Å². The number of methoxy groups -OCH3 is 1. The standard InChI is InChI=1S/C21H25F3N2O3/c1-29-20(28)17(12-15-8-4-2-5-9-15)25-14-18(27)19(21(22,23)24)26-13-16-10-6-3-7-11-16/h2-11,17-19,25-27H,12-14H2,1H3/t17-,18-,19+/m0/s1. The van der Waals surface area contributed by atoms with Gasteiger partial charge in [0.25, 0.3) is 0 Å². The molecule has 2 aromatic carbocycles. The smallest absolute Gasteiger partial charge is 0.406 e. The number of halogens is 3. The molecule has 0 aromatic heterocycles. The molecule has 29 heavy (non-hydrogen) atoms. The molecule has 0 radical (unpaired) electrons. The van der Waals surface area contributed by atoms with Crippen LogP contribution in [-0.2, 0) is 22.5 Å². The highest BCUT2D eigenvalue weighted by atomic mass is 19.4. The highest BCUT2D eigenvalue weighted by Crippen LogP contribution is 2.23. The number of esters is 1. The Morgan fingerprint density at radius 1 is 1.00 bits per heavy atom. The molecule has 0 aliphatic carbocycles. The lowest BCUT2D eigenvalue weighted by molar-refractivity contribution is -0.178. The van der Waals surface area contributed by atoms with Gasteiger partial charge < -0.3 is 15.2 Å². The van der Waals surface area contributed by atoms with E-state index in [1.807, 2.05) is 6.07 Å². The lowest BCUT2D eigenvalue weighted by Crippen LogP contribution is -2.55. The van der Waals surface area contributed by atoms with Gasteiger partial charge in [0.15, 0.2) is 0 Å². The Morgan fingerprint density at radius 2 is 1.55 bits per heavy atom. The second-order valence-electron chi connectivity index (χ2n) is 6.63. The van der Waals surface area contributed by atoms with Crippen LogP contribution in [0.1, 0.15) is 11.1 Å². The molecule has 0 aliphatic rings. The summed E-state index contributed by atoms with van der Waals surface area (Å²) in [4.78, 5) is 12.0. The minimum Gasteiger partial charge on any atom is -0.468 e. The number of carbonyl (C=O) groups excluding carboxylic acids is 1. The Bertz CT molecular complexity index is 742. The van der Waals surface area contributed by atoms with E-state index in [4.69, 9.17) is 4.74 Å². The number of ether oxygens (including phenoxy) is 1. The number of hydrogen-bond acceptors (Lipinski definition) is 5. The number of nitrogens with one attached hydrogen (secondary N) is 2. The van der Waals surface area contributed by atoms with Crippen molar-refractivity contribution < 1.29 is 27.8 Å². The molecule has 0 bridgehead atoms. The van der Waals surface area contributed by atoms with Crippen LogP contribution in [-0.4, -0.2) is 49.1 Å². The molecule has 2 aromatic rings. The lowest BCUT2D eigenvalue weighted by atomic mass is 10.0. The van der Waals surface area contributed by atoms with E-state index in [9.17, 15) is 23.1 Å². The molecule has 0 fully saturated rings. The summed E-state index contributed by atoms with van der Waals surface area (Å²) in [5, 5.41) is 15.3. The van der Waals surface area contributed by atoms with E-state index >= 15 is 0 Å². The van der Waals surface area contributed by atoms with E-state index in [1.165, 1.54) is 7.11 Å².